The molecule has 3 rings (SSSR count). The van der Waals surface area contributed by atoms with Crippen LogP contribution in [0.4, 0.5) is 0 Å². The zero-order chi connectivity index (χ0) is 19.3. The van der Waals surface area contributed by atoms with Gasteiger partial charge in [0.05, 0.1) is 24.0 Å². The zero-order valence-corrected chi connectivity index (χ0v) is 17.3. The van der Waals surface area contributed by atoms with Crippen molar-refractivity contribution in [3.05, 3.63) is 54.1 Å². The largest absolute Gasteiger partial charge is 0.496 e. The molecule has 27 heavy (non-hydrogen) atoms. The van der Waals surface area contributed by atoms with Gasteiger partial charge in [-0.1, -0.05) is 31.5 Å². The van der Waals surface area contributed by atoms with E-state index in [1.165, 1.54) is 0 Å². The monoisotopic (exact) mass is 407 g/mol. The van der Waals surface area contributed by atoms with Gasteiger partial charge in [0.15, 0.2) is 0 Å². The van der Waals surface area contributed by atoms with Crippen LogP contribution in [-0.4, -0.2) is 38.7 Å². The number of sulfonamides is 1. The number of ether oxygens (including phenoxy) is 2. The molecular weight excluding hydrogens is 382 g/mol. The van der Waals surface area contributed by atoms with Crippen LogP contribution in [0.5, 0.6) is 11.5 Å². The molecule has 146 valence electrons. The van der Waals surface area contributed by atoms with Gasteiger partial charge in [0, 0.05) is 17.9 Å². The highest BCUT2D eigenvalue weighted by Crippen LogP contribution is 2.44. The topological polar surface area (TPSA) is 55.8 Å². The van der Waals surface area contributed by atoms with Crippen LogP contribution in [0.2, 0.25) is 0 Å². The van der Waals surface area contributed by atoms with Crippen LogP contribution in [0.15, 0.2) is 53.4 Å². The third-order valence-electron chi connectivity index (χ3n) is 4.45. The van der Waals surface area contributed by atoms with Crippen molar-refractivity contribution in [1.82, 2.24) is 4.31 Å². The number of benzene rings is 2. The fraction of sp³-hybridized carbons (Fsp3) is 0.400. The van der Waals surface area contributed by atoms with E-state index in [-0.39, 0.29) is 10.3 Å². The van der Waals surface area contributed by atoms with Crippen molar-refractivity contribution < 1.29 is 17.9 Å². The van der Waals surface area contributed by atoms with E-state index >= 15 is 0 Å². The van der Waals surface area contributed by atoms with Gasteiger partial charge in [0.2, 0.25) is 10.0 Å². The van der Waals surface area contributed by atoms with Gasteiger partial charge in [-0.15, -0.1) is 11.8 Å². The number of para-hydroxylation sites is 1. The zero-order valence-electron chi connectivity index (χ0n) is 15.6. The van der Waals surface area contributed by atoms with Crippen LogP contribution in [0.1, 0.15) is 30.7 Å². The van der Waals surface area contributed by atoms with Gasteiger partial charge in [-0.3, -0.25) is 0 Å². The number of methoxy groups -OCH3 is 1. The van der Waals surface area contributed by atoms with Gasteiger partial charge < -0.3 is 9.47 Å². The summed E-state index contributed by atoms with van der Waals surface area (Å²) in [7, 11) is -2.00. The maximum Gasteiger partial charge on any atom is 0.244 e. The van der Waals surface area contributed by atoms with Crippen LogP contribution in [0, 0.1) is 0 Å². The molecule has 0 radical (unpaired) electrons. The lowest BCUT2D eigenvalue weighted by molar-refractivity contribution is 0.309. The van der Waals surface area contributed by atoms with E-state index in [4.69, 9.17) is 9.47 Å². The van der Waals surface area contributed by atoms with E-state index in [0.29, 0.717) is 24.7 Å². The molecule has 0 aliphatic carbocycles. The summed E-state index contributed by atoms with van der Waals surface area (Å²) >= 11 is 1.61. The second-order valence-electron chi connectivity index (χ2n) is 6.25. The van der Waals surface area contributed by atoms with Gasteiger partial charge in [-0.2, -0.15) is 4.31 Å². The fourth-order valence-corrected chi connectivity index (χ4v) is 6.25. The highest BCUT2D eigenvalue weighted by molar-refractivity contribution is 8.01. The van der Waals surface area contributed by atoms with Gasteiger partial charge in [0.1, 0.15) is 11.5 Å². The maximum absolute atomic E-state index is 13.2. The summed E-state index contributed by atoms with van der Waals surface area (Å²) in [6.45, 7) is 3.22. The molecule has 2 aromatic carbocycles. The lowest BCUT2D eigenvalue weighted by atomic mass is 10.2. The van der Waals surface area contributed by atoms with E-state index in [9.17, 15) is 8.42 Å². The predicted molar refractivity (Wildman–Crippen MR) is 109 cm³/mol. The normalized spacial score (nSPS) is 17.8. The Balaban J connectivity index is 1.83. The number of unbranched alkanes of at least 4 members (excludes halogenated alkanes) is 1. The van der Waals surface area contributed by atoms with Crippen molar-refractivity contribution in [3.63, 3.8) is 0 Å². The summed E-state index contributed by atoms with van der Waals surface area (Å²) in [6, 6.07) is 14.3. The summed E-state index contributed by atoms with van der Waals surface area (Å²) in [4.78, 5) is 0.285. The third kappa shape index (κ3) is 4.42. The first-order valence-electron chi connectivity index (χ1n) is 9.07. The number of rotatable bonds is 8. The lowest BCUT2D eigenvalue weighted by Gasteiger charge is -2.25. The molecule has 0 unspecified atom stereocenters. The van der Waals surface area contributed by atoms with Crippen LogP contribution in [0.3, 0.4) is 0 Å². The Kier molecular flexibility index (Phi) is 6.68. The van der Waals surface area contributed by atoms with Gasteiger partial charge in [0.25, 0.3) is 0 Å². The first kappa shape index (κ1) is 20.0. The summed E-state index contributed by atoms with van der Waals surface area (Å²) in [5.41, 5.74) is 0.880. The molecule has 0 aromatic heterocycles. The highest BCUT2D eigenvalue weighted by Gasteiger charge is 2.38. The minimum absolute atomic E-state index is 0.285. The summed E-state index contributed by atoms with van der Waals surface area (Å²) < 4.78 is 39.1. The Morgan fingerprint density at radius 2 is 1.89 bits per heavy atom. The molecule has 0 N–H and O–H groups in total. The Hall–Kier alpha value is -1.70. The molecule has 1 heterocycles. The second-order valence-corrected chi connectivity index (χ2v) is 9.33. The van der Waals surface area contributed by atoms with Crippen molar-refractivity contribution in [2.75, 3.05) is 26.0 Å². The number of nitrogens with zero attached hydrogens (tertiary/aromatic N) is 1. The molecular formula is C20H25NO4S2. The molecule has 1 aliphatic rings. The quantitative estimate of drug-likeness (QED) is 0.610. The van der Waals surface area contributed by atoms with Gasteiger partial charge >= 0.3 is 0 Å². The molecule has 1 saturated heterocycles. The third-order valence-corrected chi connectivity index (χ3v) is 7.71. The summed E-state index contributed by atoms with van der Waals surface area (Å²) in [6.07, 6.45) is 2.04. The van der Waals surface area contributed by atoms with E-state index in [0.717, 1.165) is 24.2 Å². The SMILES string of the molecule is CCCCOc1ccc(S(=O)(=O)N2CCS[C@@H]2c2ccccc2OC)cc1. The average Bonchev–Trinajstić information content (AvgIpc) is 3.19. The minimum atomic E-state index is -3.60. The molecule has 5 nitrogen and oxygen atoms in total. The van der Waals surface area contributed by atoms with Crippen LogP contribution < -0.4 is 9.47 Å². The van der Waals surface area contributed by atoms with Gasteiger partial charge in [-0.25, -0.2) is 8.42 Å². The van der Waals surface area contributed by atoms with E-state index in [2.05, 4.69) is 6.92 Å². The van der Waals surface area contributed by atoms with Crippen molar-refractivity contribution in [2.24, 2.45) is 0 Å². The van der Waals surface area contributed by atoms with Crippen molar-refractivity contribution in [1.29, 1.82) is 0 Å². The van der Waals surface area contributed by atoms with Crippen LogP contribution in [-0.2, 0) is 10.0 Å². The van der Waals surface area contributed by atoms with Gasteiger partial charge in [-0.05, 0) is 36.8 Å². The molecule has 1 atom stereocenters. The first-order valence-corrected chi connectivity index (χ1v) is 11.6. The van der Waals surface area contributed by atoms with Crippen LogP contribution >= 0.6 is 11.8 Å². The molecule has 7 heteroatoms. The lowest BCUT2D eigenvalue weighted by Crippen LogP contribution is -2.30. The molecule has 1 fully saturated rings. The number of thioether (sulfide) groups is 1. The van der Waals surface area contributed by atoms with E-state index in [1.807, 2.05) is 24.3 Å². The summed E-state index contributed by atoms with van der Waals surface area (Å²) in [5, 5.41) is -0.286. The van der Waals surface area contributed by atoms with Crippen molar-refractivity contribution >= 4 is 21.8 Å². The average molecular weight is 408 g/mol. The van der Waals surface area contributed by atoms with E-state index in [1.54, 1.807) is 47.4 Å². The standard InChI is InChI=1S/C20H25NO4S2/c1-3-4-14-25-16-9-11-17(12-10-16)27(22,23)21-13-15-26-20(21)18-7-5-6-8-19(18)24-2/h5-12,20H,3-4,13-15H2,1-2H3/t20-/m1/s1. The summed E-state index contributed by atoms with van der Waals surface area (Å²) in [5.74, 6) is 2.15. The molecule has 1 aliphatic heterocycles. The Bertz CT molecular complexity index is 853. The smallest absolute Gasteiger partial charge is 0.244 e. The Labute approximate surface area is 165 Å². The second kappa shape index (κ2) is 8.99. The van der Waals surface area contributed by atoms with Crippen molar-refractivity contribution in [2.45, 2.75) is 30.0 Å². The molecule has 0 spiro atoms. The molecule has 0 bridgehead atoms. The molecule has 0 saturated carbocycles. The number of hydrogen-bond donors (Lipinski definition) is 0. The van der Waals surface area contributed by atoms with E-state index < -0.39 is 10.0 Å². The Morgan fingerprint density at radius 3 is 2.59 bits per heavy atom. The maximum atomic E-state index is 13.2. The highest BCUT2D eigenvalue weighted by atomic mass is 32.2. The predicted octanol–water partition coefficient (Wildman–Crippen LogP) is 4.31. The van der Waals surface area contributed by atoms with Crippen molar-refractivity contribution in [3.8, 4) is 11.5 Å². The minimum Gasteiger partial charge on any atom is -0.496 e. The molecule has 2 aromatic rings. The number of hydrogen-bond acceptors (Lipinski definition) is 5. The Morgan fingerprint density at radius 1 is 1.15 bits per heavy atom. The van der Waals surface area contributed by atoms with Crippen LogP contribution in [0.25, 0.3) is 0 Å². The fourth-order valence-electron chi connectivity index (χ4n) is 2.99. The first-order chi connectivity index (χ1) is 13.1. The molecule has 0 amide bonds.